The molecule has 1 amide bonds. The van der Waals surface area contributed by atoms with Crippen molar-refractivity contribution in [3.63, 3.8) is 0 Å². The molecule has 3 aromatic rings. The van der Waals surface area contributed by atoms with Crippen molar-refractivity contribution in [3.05, 3.63) is 75.0 Å². The highest BCUT2D eigenvalue weighted by Crippen LogP contribution is 2.28. The number of carbonyl (C=O) groups is 1. The molecule has 140 valence electrons. The molecule has 0 aliphatic heterocycles. The SMILES string of the molecule is CCc1ccc(CNC(=O)CSc2cc(=O)n(C)c3ccc(Cl)cc23)cc1. The number of nitrogens with zero attached hydrogens (tertiary/aromatic N) is 1. The molecule has 0 saturated carbocycles. The van der Waals surface area contributed by atoms with Crippen LogP contribution in [-0.4, -0.2) is 16.2 Å². The Bertz CT molecular complexity index is 1030. The van der Waals surface area contributed by atoms with E-state index in [2.05, 4.69) is 24.4 Å². The van der Waals surface area contributed by atoms with Gasteiger partial charge < -0.3 is 9.88 Å². The average molecular weight is 401 g/mol. The van der Waals surface area contributed by atoms with Gasteiger partial charge in [0.05, 0.1) is 11.3 Å². The minimum Gasteiger partial charge on any atom is -0.351 e. The van der Waals surface area contributed by atoms with Crippen LogP contribution in [0.4, 0.5) is 0 Å². The van der Waals surface area contributed by atoms with Crippen LogP contribution in [-0.2, 0) is 24.8 Å². The number of thioether (sulfide) groups is 1. The quantitative estimate of drug-likeness (QED) is 0.632. The molecule has 0 atom stereocenters. The van der Waals surface area contributed by atoms with E-state index < -0.39 is 0 Å². The van der Waals surface area contributed by atoms with Crippen molar-refractivity contribution in [2.45, 2.75) is 24.8 Å². The number of carbonyl (C=O) groups excluding carboxylic acids is 1. The van der Waals surface area contributed by atoms with Crippen LogP contribution in [0.5, 0.6) is 0 Å². The molecule has 0 aliphatic carbocycles. The van der Waals surface area contributed by atoms with Gasteiger partial charge in [-0.05, 0) is 35.7 Å². The van der Waals surface area contributed by atoms with Gasteiger partial charge >= 0.3 is 0 Å². The summed E-state index contributed by atoms with van der Waals surface area (Å²) in [6, 6.07) is 15.2. The number of halogens is 1. The van der Waals surface area contributed by atoms with Gasteiger partial charge in [0, 0.05) is 35.0 Å². The third-order valence-electron chi connectivity index (χ3n) is 4.45. The van der Waals surface area contributed by atoms with Gasteiger partial charge in [0.15, 0.2) is 0 Å². The summed E-state index contributed by atoms with van der Waals surface area (Å²) in [6.07, 6.45) is 0.998. The van der Waals surface area contributed by atoms with Gasteiger partial charge in [-0.3, -0.25) is 9.59 Å². The zero-order chi connectivity index (χ0) is 19.4. The Hall–Kier alpha value is -2.24. The first-order valence-electron chi connectivity index (χ1n) is 8.74. The van der Waals surface area contributed by atoms with Crippen LogP contribution in [0.3, 0.4) is 0 Å². The second-order valence-corrected chi connectivity index (χ2v) is 7.76. The number of benzene rings is 2. The summed E-state index contributed by atoms with van der Waals surface area (Å²) in [4.78, 5) is 25.2. The molecule has 1 aromatic heterocycles. The van der Waals surface area contributed by atoms with E-state index in [1.54, 1.807) is 23.7 Å². The molecule has 0 aliphatic rings. The van der Waals surface area contributed by atoms with Crippen molar-refractivity contribution in [3.8, 4) is 0 Å². The standard InChI is InChI=1S/C21H21ClN2O2S/c1-3-14-4-6-15(7-5-14)12-23-20(25)13-27-19-11-21(26)24(2)18-9-8-16(22)10-17(18)19/h4-11H,3,12-13H2,1-2H3,(H,23,25). The number of aryl methyl sites for hydroxylation is 2. The van der Waals surface area contributed by atoms with Crippen LogP contribution in [0.1, 0.15) is 18.1 Å². The summed E-state index contributed by atoms with van der Waals surface area (Å²) in [5, 5.41) is 4.40. The molecular formula is C21H21ClN2O2S. The lowest BCUT2D eigenvalue weighted by atomic mass is 10.1. The Kier molecular flexibility index (Phi) is 6.24. The molecule has 1 N–H and O–H groups in total. The normalized spacial score (nSPS) is 10.9. The van der Waals surface area contributed by atoms with E-state index in [0.29, 0.717) is 11.6 Å². The van der Waals surface area contributed by atoms with Gasteiger partial charge in [0.2, 0.25) is 5.91 Å². The van der Waals surface area contributed by atoms with Crippen LogP contribution in [0.15, 0.2) is 58.2 Å². The number of fused-ring (bicyclic) bond motifs is 1. The molecule has 3 rings (SSSR count). The lowest BCUT2D eigenvalue weighted by molar-refractivity contribution is -0.118. The van der Waals surface area contributed by atoms with Crippen LogP contribution in [0.25, 0.3) is 10.9 Å². The zero-order valence-corrected chi connectivity index (χ0v) is 16.9. The van der Waals surface area contributed by atoms with Crippen molar-refractivity contribution < 1.29 is 4.79 Å². The summed E-state index contributed by atoms with van der Waals surface area (Å²) < 4.78 is 1.58. The number of nitrogens with one attached hydrogen (secondary N) is 1. The highest BCUT2D eigenvalue weighted by atomic mass is 35.5. The van der Waals surface area contributed by atoms with Gasteiger partial charge in [0.1, 0.15) is 0 Å². The maximum atomic E-state index is 12.2. The minimum atomic E-state index is -0.108. The summed E-state index contributed by atoms with van der Waals surface area (Å²) in [6.45, 7) is 2.61. The predicted molar refractivity (Wildman–Crippen MR) is 113 cm³/mol. The Balaban J connectivity index is 1.67. The van der Waals surface area contributed by atoms with Crippen LogP contribution < -0.4 is 10.9 Å². The maximum Gasteiger partial charge on any atom is 0.251 e. The molecular weight excluding hydrogens is 380 g/mol. The Morgan fingerprint density at radius 1 is 1.11 bits per heavy atom. The van der Waals surface area contributed by atoms with Crippen molar-refractivity contribution >= 4 is 40.2 Å². The first kappa shape index (κ1) is 19.5. The third kappa shape index (κ3) is 4.73. The number of hydrogen-bond donors (Lipinski definition) is 1. The number of pyridine rings is 1. The van der Waals surface area contributed by atoms with E-state index >= 15 is 0 Å². The summed E-state index contributed by atoms with van der Waals surface area (Å²) in [7, 11) is 1.73. The lowest BCUT2D eigenvalue weighted by Gasteiger charge is -2.10. The molecule has 0 radical (unpaired) electrons. The second-order valence-electron chi connectivity index (χ2n) is 6.30. The van der Waals surface area contributed by atoms with Crippen LogP contribution in [0, 0.1) is 0 Å². The van der Waals surface area contributed by atoms with E-state index in [4.69, 9.17) is 11.6 Å². The van der Waals surface area contributed by atoms with E-state index in [0.717, 1.165) is 27.8 Å². The highest BCUT2D eigenvalue weighted by molar-refractivity contribution is 8.00. The monoisotopic (exact) mass is 400 g/mol. The van der Waals surface area contributed by atoms with Gasteiger partial charge in [-0.2, -0.15) is 0 Å². The van der Waals surface area contributed by atoms with E-state index in [1.807, 2.05) is 24.3 Å². The largest absolute Gasteiger partial charge is 0.351 e. The van der Waals surface area contributed by atoms with Crippen LogP contribution >= 0.6 is 23.4 Å². The lowest BCUT2D eigenvalue weighted by Crippen LogP contribution is -2.24. The second kappa shape index (κ2) is 8.63. The number of hydrogen-bond acceptors (Lipinski definition) is 3. The molecule has 0 bridgehead atoms. The average Bonchev–Trinajstić information content (AvgIpc) is 2.68. The molecule has 0 fully saturated rings. The molecule has 6 heteroatoms. The Morgan fingerprint density at radius 2 is 1.81 bits per heavy atom. The smallest absolute Gasteiger partial charge is 0.251 e. The first-order valence-corrected chi connectivity index (χ1v) is 10.1. The van der Waals surface area contributed by atoms with Crippen molar-refractivity contribution in [1.29, 1.82) is 0 Å². The van der Waals surface area contributed by atoms with Gasteiger partial charge in [-0.1, -0.05) is 42.8 Å². The van der Waals surface area contributed by atoms with E-state index in [9.17, 15) is 9.59 Å². The van der Waals surface area contributed by atoms with Crippen molar-refractivity contribution in [2.24, 2.45) is 7.05 Å². The number of amides is 1. The number of rotatable bonds is 6. The third-order valence-corrected chi connectivity index (χ3v) is 5.74. The molecule has 0 unspecified atom stereocenters. The van der Waals surface area contributed by atoms with Crippen molar-refractivity contribution in [1.82, 2.24) is 9.88 Å². The minimum absolute atomic E-state index is 0.0737. The van der Waals surface area contributed by atoms with Gasteiger partial charge in [-0.15, -0.1) is 11.8 Å². The molecule has 1 heterocycles. The Labute approximate surface area is 167 Å². The number of aromatic nitrogens is 1. The molecule has 4 nitrogen and oxygen atoms in total. The molecule has 0 saturated heterocycles. The van der Waals surface area contributed by atoms with Gasteiger partial charge in [0.25, 0.3) is 5.56 Å². The Morgan fingerprint density at radius 3 is 2.52 bits per heavy atom. The topological polar surface area (TPSA) is 51.1 Å². The highest BCUT2D eigenvalue weighted by Gasteiger charge is 2.10. The van der Waals surface area contributed by atoms with E-state index in [1.165, 1.54) is 17.3 Å². The molecule has 0 spiro atoms. The first-order chi connectivity index (χ1) is 13.0. The predicted octanol–water partition coefficient (Wildman–Crippen LogP) is 4.16. The van der Waals surface area contributed by atoms with E-state index in [-0.39, 0.29) is 17.2 Å². The molecule has 27 heavy (non-hydrogen) atoms. The fraction of sp³-hybridized carbons (Fsp3) is 0.238. The maximum absolute atomic E-state index is 12.2. The van der Waals surface area contributed by atoms with Crippen molar-refractivity contribution in [2.75, 3.05) is 5.75 Å². The fourth-order valence-corrected chi connectivity index (χ4v) is 3.87. The fourth-order valence-electron chi connectivity index (χ4n) is 2.81. The van der Waals surface area contributed by atoms with Crippen LogP contribution in [0.2, 0.25) is 5.02 Å². The summed E-state index contributed by atoms with van der Waals surface area (Å²) in [5.41, 5.74) is 3.03. The summed E-state index contributed by atoms with van der Waals surface area (Å²) in [5.74, 6) is 0.164. The van der Waals surface area contributed by atoms with Gasteiger partial charge in [-0.25, -0.2) is 0 Å². The molecule has 2 aromatic carbocycles. The zero-order valence-electron chi connectivity index (χ0n) is 15.3. The summed E-state index contributed by atoms with van der Waals surface area (Å²) >= 11 is 7.46.